The first-order valence-electron chi connectivity index (χ1n) is 10.9. The van der Waals surface area contributed by atoms with Crippen LogP contribution in [0.4, 0.5) is 0 Å². The van der Waals surface area contributed by atoms with Crippen LogP contribution in [0.15, 0.2) is 42.9 Å². The summed E-state index contributed by atoms with van der Waals surface area (Å²) in [5, 5.41) is 1.73. The smallest absolute Gasteiger partial charge is 0.234 e. The van der Waals surface area contributed by atoms with Gasteiger partial charge in [0.05, 0.1) is 29.0 Å². The van der Waals surface area contributed by atoms with E-state index in [-0.39, 0.29) is 6.10 Å². The summed E-state index contributed by atoms with van der Waals surface area (Å²) >= 11 is 6.38. The predicted molar refractivity (Wildman–Crippen MR) is 124 cm³/mol. The van der Waals surface area contributed by atoms with Gasteiger partial charge in [0.1, 0.15) is 11.3 Å². The predicted octanol–water partition coefficient (Wildman–Crippen LogP) is 4.92. The maximum atomic E-state index is 6.38. The number of aromatic nitrogens is 6. The van der Waals surface area contributed by atoms with Crippen LogP contribution in [0.25, 0.3) is 27.7 Å². The van der Waals surface area contributed by atoms with Gasteiger partial charge in [-0.2, -0.15) is 0 Å². The van der Waals surface area contributed by atoms with E-state index < -0.39 is 0 Å². The lowest BCUT2D eigenvalue weighted by atomic mass is 10.0. The Balaban J connectivity index is 1.55. The van der Waals surface area contributed by atoms with Gasteiger partial charge in [0, 0.05) is 47.6 Å². The van der Waals surface area contributed by atoms with E-state index in [1.807, 2.05) is 54.2 Å². The minimum atomic E-state index is 0.207. The van der Waals surface area contributed by atoms with Gasteiger partial charge in [-0.05, 0) is 51.0 Å². The number of benzene rings is 1. The molecule has 162 valence electrons. The van der Waals surface area contributed by atoms with E-state index in [9.17, 15) is 0 Å². The first kappa shape index (κ1) is 19.6. The zero-order chi connectivity index (χ0) is 21.8. The van der Waals surface area contributed by atoms with Crippen LogP contribution in [-0.2, 0) is 11.2 Å². The summed E-state index contributed by atoms with van der Waals surface area (Å²) in [5.41, 5.74) is 4.78. The van der Waals surface area contributed by atoms with Crippen LogP contribution >= 0.6 is 11.6 Å². The Kier molecular flexibility index (Phi) is 4.62. The van der Waals surface area contributed by atoms with Crippen molar-refractivity contribution in [2.45, 2.75) is 45.3 Å². The highest BCUT2D eigenvalue weighted by Gasteiger charge is 2.26. The van der Waals surface area contributed by atoms with Gasteiger partial charge in [0.2, 0.25) is 5.78 Å². The van der Waals surface area contributed by atoms with E-state index in [2.05, 4.69) is 21.5 Å². The number of rotatable bonds is 3. The average molecular weight is 447 g/mol. The molecule has 1 aromatic carbocycles. The van der Waals surface area contributed by atoms with Crippen LogP contribution in [0.5, 0.6) is 0 Å². The molecule has 0 bridgehead atoms. The van der Waals surface area contributed by atoms with Crippen molar-refractivity contribution in [2.75, 3.05) is 6.61 Å². The Morgan fingerprint density at radius 1 is 1.16 bits per heavy atom. The minimum absolute atomic E-state index is 0.207. The van der Waals surface area contributed by atoms with E-state index in [1.165, 1.54) is 0 Å². The Morgan fingerprint density at radius 3 is 2.94 bits per heavy atom. The van der Waals surface area contributed by atoms with E-state index in [4.69, 9.17) is 26.3 Å². The number of fused-ring (bicyclic) bond motifs is 4. The van der Waals surface area contributed by atoms with Crippen molar-refractivity contribution in [2.24, 2.45) is 0 Å². The first-order chi connectivity index (χ1) is 15.5. The molecule has 5 heterocycles. The topological polar surface area (TPSA) is 70.1 Å². The Morgan fingerprint density at radius 2 is 2.06 bits per heavy atom. The summed E-state index contributed by atoms with van der Waals surface area (Å²) in [6, 6.07) is 8.12. The summed E-state index contributed by atoms with van der Waals surface area (Å²) in [4.78, 5) is 18.9. The van der Waals surface area contributed by atoms with E-state index in [0.717, 1.165) is 58.6 Å². The number of aryl methyl sites for hydroxylation is 1. The van der Waals surface area contributed by atoms with Crippen molar-refractivity contribution >= 4 is 39.3 Å². The summed E-state index contributed by atoms with van der Waals surface area (Å²) in [6.07, 6.45) is 8.60. The molecule has 1 unspecified atom stereocenters. The van der Waals surface area contributed by atoms with Crippen molar-refractivity contribution in [3.63, 3.8) is 0 Å². The molecule has 8 heteroatoms. The number of hydrogen-bond donors (Lipinski definition) is 0. The van der Waals surface area contributed by atoms with Crippen molar-refractivity contribution in [3.8, 4) is 0 Å². The number of ether oxygens (including phenoxy) is 1. The fourth-order valence-corrected chi connectivity index (χ4v) is 4.95. The van der Waals surface area contributed by atoms with Crippen LogP contribution in [0.1, 0.15) is 43.0 Å². The molecule has 0 saturated carbocycles. The second kappa shape index (κ2) is 7.53. The van der Waals surface area contributed by atoms with Gasteiger partial charge in [-0.1, -0.05) is 11.6 Å². The van der Waals surface area contributed by atoms with Crippen LogP contribution in [-0.4, -0.2) is 41.6 Å². The first-order valence-corrected chi connectivity index (χ1v) is 11.3. The quantitative estimate of drug-likeness (QED) is 0.393. The largest absolute Gasteiger partial charge is 0.378 e. The van der Waals surface area contributed by atoms with Crippen LogP contribution in [0.3, 0.4) is 0 Å². The highest BCUT2D eigenvalue weighted by atomic mass is 35.5. The summed E-state index contributed by atoms with van der Waals surface area (Å²) < 4.78 is 10.2. The van der Waals surface area contributed by atoms with Gasteiger partial charge in [-0.3, -0.25) is 9.38 Å². The summed E-state index contributed by atoms with van der Waals surface area (Å²) in [5.74, 6) is 1.69. The molecule has 4 aromatic heterocycles. The van der Waals surface area contributed by atoms with Gasteiger partial charge in [0.25, 0.3) is 0 Å². The third-order valence-electron chi connectivity index (χ3n) is 6.23. The summed E-state index contributed by atoms with van der Waals surface area (Å²) in [6.45, 7) is 4.85. The fourth-order valence-electron chi connectivity index (χ4n) is 4.78. The number of nitrogens with zero attached hydrogens (tertiary/aromatic N) is 6. The zero-order valence-corrected chi connectivity index (χ0v) is 18.8. The average Bonchev–Trinajstić information content (AvgIpc) is 3.34. The molecule has 1 saturated heterocycles. The summed E-state index contributed by atoms with van der Waals surface area (Å²) in [7, 11) is 0. The normalized spacial score (nSPS) is 19.3. The van der Waals surface area contributed by atoms with Crippen LogP contribution in [0, 0.1) is 6.92 Å². The fraction of sp³-hybridized carbons (Fsp3) is 0.333. The number of halogens is 1. The third-order valence-corrected chi connectivity index (χ3v) is 6.46. The van der Waals surface area contributed by atoms with Crippen LogP contribution in [0.2, 0.25) is 5.02 Å². The molecule has 0 radical (unpaired) electrons. The maximum Gasteiger partial charge on any atom is 0.234 e. The molecule has 0 amide bonds. The molecular weight excluding hydrogens is 424 g/mol. The molecule has 1 aliphatic rings. The molecular formula is C24H23ClN6O. The third kappa shape index (κ3) is 3.32. The standard InChI is InChI=1S/C24H23ClN6O/c1-14-5-7-30-13-17(28-24(30)27-14)11-22-29-21-12-26-20-4-3-16(25)10-19(20)23(21)31(22)18-6-8-32-15(2)9-18/h3-5,7,10,12-13,15,18H,6,8-9,11H2,1-2H3/t15-,18?/m1/s1. The molecule has 1 aliphatic heterocycles. The molecule has 2 atom stereocenters. The van der Waals surface area contributed by atoms with Crippen LogP contribution < -0.4 is 0 Å². The zero-order valence-electron chi connectivity index (χ0n) is 18.0. The van der Waals surface area contributed by atoms with Crippen molar-refractivity contribution in [1.82, 2.24) is 28.9 Å². The Labute approximate surface area is 190 Å². The van der Waals surface area contributed by atoms with Gasteiger partial charge >= 0.3 is 0 Å². The van der Waals surface area contributed by atoms with Gasteiger partial charge in [-0.15, -0.1) is 0 Å². The highest BCUT2D eigenvalue weighted by molar-refractivity contribution is 6.31. The lowest BCUT2D eigenvalue weighted by Gasteiger charge is -2.30. The molecule has 0 spiro atoms. The minimum Gasteiger partial charge on any atom is -0.378 e. The highest BCUT2D eigenvalue weighted by Crippen LogP contribution is 2.34. The number of pyridine rings is 1. The maximum absolute atomic E-state index is 6.38. The lowest BCUT2D eigenvalue weighted by molar-refractivity contribution is 0.00631. The Hall–Kier alpha value is -3.03. The molecule has 32 heavy (non-hydrogen) atoms. The second-order valence-electron chi connectivity index (χ2n) is 8.60. The van der Waals surface area contributed by atoms with E-state index in [1.54, 1.807) is 0 Å². The molecule has 6 rings (SSSR count). The van der Waals surface area contributed by atoms with E-state index in [0.29, 0.717) is 23.3 Å². The van der Waals surface area contributed by atoms with Gasteiger partial charge in [-0.25, -0.2) is 15.0 Å². The molecule has 1 fully saturated rings. The van der Waals surface area contributed by atoms with E-state index >= 15 is 0 Å². The molecule has 7 nitrogen and oxygen atoms in total. The number of hydrogen-bond acceptors (Lipinski definition) is 5. The number of imidazole rings is 2. The molecule has 0 N–H and O–H groups in total. The van der Waals surface area contributed by atoms with Crippen molar-refractivity contribution in [1.29, 1.82) is 0 Å². The Bertz CT molecular complexity index is 1470. The van der Waals surface area contributed by atoms with Gasteiger partial charge in [0.15, 0.2) is 0 Å². The monoisotopic (exact) mass is 446 g/mol. The molecule has 0 aliphatic carbocycles. The van der Waals surface area contributed by atoms with Gasteiger partial charge < -0.3 is 9.30 Å². The second-order valence-corrected chi connectivity index (χ2v) is 9.03. The lowest BCUT2D eigenvalue weighted by Crippen LogP contribution is -2.26. The molecule has 5 aromatic rings. The SMILES string of the molecule is Cc1ccn2cc(Cc3nc4cnc5ccc(Cl)cc5c4n3C3CCO[C@H](C)C3)nc2n1. The van der Waals surface area contributed by atoms with Crippen molar-refractivity contribution < 1.29 is 4.74 Å². The van der Waals surface area contributed by atoms with Crippen molar-refractivity contribution in [3.05, 3.63) is 65.1 Å².